The number of aromatic nitrogens is 1. The number of rotatable bonds is 7. The van der Waals surface area contributed by atoms with Crippen LogP contribution in [-0.2, 0) is 0 Å². The molecule has 7 nitrogen and oxygen atoms in total. The monoisotopic (exact) mass is 423 g/mol. The molecule has 1 aliphatic rings. The number of carbonyl (C=O) groups excluding carboxylic acids is 2. The molecule has 2 amide bonds. The van der Waals surface area contributed by atoms with Gasteiger partial charge in [0.1, 0.15) is 0 Å². The number of piperazine rings is 1. The van der Waals surface area contributed by atoms with Crippen molar-refractivity contribution in [3.05, 3.63) is 47.7 Å². The molecular formula is C24H33N5O2. The Bertz CT molecular complexity index is 922. The molecule has 0 aliphatic carbocycles. The van der Waals surface area contributed by atoms with Gasteiger partial charge < -0.3 is 20.4 Å². The molecule has 1 aliphatic heterocycles. The van der Waals surface area contributed by atoms with E-state index in [0.29, 0.717) is 42.0 Å². The summed E-state index contributed by atoms with van der Waals surface area (Å²) in [4.78, 5) is 35.1. The maximum atomic E-state index is 13.7. The Morgan fingerprint density at radius 2 is 1.94 bits per heavy atom. The van der Waals surface area contributed by atoms with Gasteiger partial charge in [-0.25, -0.2) is 0 Å². The Morgan fingerprint density at radius 3 is 2.61 bits per heavy atom. The van der Waals surface area contributed by atoms with Gasteiger partial charge in [0.2, 0.25) is 0 Å². The first-order valence-corrected chi connectivity index (χ1v) is 11.0. The van der Waals surface area contributed by atoms with E-state index in [1.807, 2.05) is 36.1 Å². The fourth-order valence-electron chi connectivity index (χ4n) is 3.87. The van der Waals surface area contributed by atoms with Crippen LogP contribution in [0.3, 0.4) is 0 Å². The lowest BCUT2D eigenvalue weighted by molar-refractivity contribution is 0.0717. The highest BCUT2D eigenvalue weighted by Gasteiger charge is 2.29. The summed E-state index contributed by atoms with van der Waals surface area (Å²) in [5.74, 6) is -0.261. The molecule has 0 unspecified atom stereocenters. The van der Waals surface area contributed by atoms with Gasteiger partial charge in [0.05, 0.1) is 22.5 Å². The number of hydrogen-bond donors (Lipinski definition) is 2. The minimum Gasteiger partial charge on any atom is -0.381 e. The Hall–Kier alpha value is -2.93. The van der Waals surface area contributed by atoms with Crippen LogP contribution in [0.2, 0.25) is 0 Å². The molecule has 0 spiro atoms. The summed E-state index contributed by atoms with van der Waals surface area (Å²) in [6.07, 6.45) is 2.57. The van der Waals surface area contributed by atoms with Gasteiger partial charge in [0.25, 0.3) is 11.8 Å². The van der Waals surface area contributed by atoms with Crippen molar-refractivity contribution >= 4 is 17.5 Å². The van der Waals surface area contributed by atoms with E-state index in [4.69, 9.17) is 0 Å². The van der Waals surface area contributed by atoms with E-state index in [9.17, 15) is 9.59 Å². The average molecular weight is 424 g/mol. The first-order valence-electron chi connectivity index (χ1n) is 11.0. The Kier molecular flexibility index (Phi) is 7.63. The van der Waals surface area contributed by atoms with Gasteiger partial charge in [-0.15, -0.1) is 0 Å². The highest BCUT2D eigenvalue weighted by molar-refractivity contribution is 6.11. The van der Waals surface area contributed by atoms with Gasteiger partial charge in [-0.3, -0.25) is 14.6 Å². The van der Waals surface area contributed by atoms with Gasteiger partial charge in [0, 0.05) is 57.6 Å². The van der Waals surface area contributed by atoms with Gasteiger partial charge in [-0.05, 0) is 38.5 Å². The average Bonchev–Trinajstić information content (AvgIpc) is 2.78. The molecule has 7 heteroatoms. The summed E-state index contributed by atoms with van der Waals surface area (Å²) in [6, 6.07) is 9.52. The third-order valence-corrected chi connectivity index (χ3v) is 5.33. The molecule has 0 bridgehead atoms. The van der Waals surface area contributed by atoms with Gasteiger partial charge in [-0.2, -0.15) is 0 Å². The topological polar surface area (TPSA) is 77.6 Å². The lowest BCUT2D eigenvalue weighted by Gasteiger charge is -2.29. The Labute approximate surface area is 184 Å². The third-order valence-electron chi connectivity index (χ3n) is 5.33. The van der Waals surface area contributed by atoms with E-state index in [1.54, 1.807) is 24.2 Å². The predicted molar refractivity (Wildman–Crippen MR) is 124 cm³/mol. The lowest BCUT2D eigenvalue weighted by atomic mass is 9.95. The molecule has 1 aromatic heterocycles. The minimum atomic E-state index is -0.142. The molecule has 0 saturated carbocycles. The lowest BCUT2D eigenvalue weighted by Crippen LogP contribution is -2.47. The van der Waals surface area contributed by atoms with Crippen LogP contribution < -0.4 is 10.6 Å². The molecule has 0 radical (unpaired) electrons. The summed E-state index contributed by atoms with van der Waals surface area (Å²) in [5.41, 5.74) is 3.07. The second-order valence-electron chi connectivity index (χ2n) is 8.20. The van der Waals surface area contributed by atoms with E-state index in [0.717, 1.165) is 25.2 Å². The SMILES string of the molecule is CCCN(C)C(=O)c1cccc(-c2ncccc2NC(C)C)c1C(=O)N1CCNCC1. The molecule has 1 aromatic carbocycles. The van der Waals surface area contributed by atoms with E-state index in [1.165, 1.54) is 0 Å². The van der Waals surface area contributed by atoms with Crippen molar-refractivity contribution in [2.75, 3.05) is 45.1 Å². The van der Waals surface area contributed by atoms with Crippen molar-refractivity contribution in [2.24, 2.45) is 0 Å². The van der Waals surface area contributed by atoms with Crippen molar-refractivity contribution < 1.29 is 9.59 Å². The third kappa shape index (κ3) is 5.22. The Morgan fingerprint density at radius 1 is 1.19 bits per heavy atom. The van der Waals surface area contributed by atoms with Crippen molar-refractivity contribution in [2.45, 2.75) is 33.2 Å². The van der Waals surface area contributed by atoms with Crippen molar-refractivity contribution in [3.63, 3.8) is 0 Å². The van der Waals surface area contributed by atoms with Crippen LogP contribution in [0.1, 0.15) is 47.9 Å². The number of anilines is 1. The van der Waals surface area contributed by atoms with Gasteiger partial charge in [-0.1, -0.05) is 19.1 Å². The number of benzene rings is 1. The van der Waals surface area contributed by atoms with Crippen LogP contribution in [0.5, 0.6) is 0 Å². The number of pyridine rings is 1. The maximum absolute atomic E-state index is 13.7. The van der Waals surface area contributed by atoms with Crippen LogP contribution in [0.15, 0.2) is 36.5 Å². The van der Waals surface area contributed by atoms with Crippen LogP contribution >= 0.6 is 0 Å². The van der Waals surface area contributed by atoms with Crippen molar-refractivity contribution in [1.82, 2.24) is 20.1 Å². The molecule has 3 rings (SSSR count). The number of nitrogens with one attached hydrogen (secondary N) is 2. The highest BCUT2D eigenvalue weighted by Crippen LogP contribution is 2.32. The second-order valence-corrected chi connectivity index (χ2v) is 8.20. The van der Waals surface area contributed by atoms with Crippen molar-refractivity contribution in [1.29, 1.82) is 0 Å². The molecule has 1 fully saturated rings. The summed E-state index contributed by atoms with van der Waals surface area (Å²) in [5, 5.41) is 6.70. The first-order chi connectivity index (χ1) is 14.9. The van der Waals surface area contributed by atoms with E-state index >= 15 is 0 Å². The normalized spacial score (nSPS) is 13.9. The fourth-order valence-corrected chi connectivity index (χ4v) is 3.87. The molecule has 0 atom stereocenters. The first kappa shape index (κ1) is 22.7. The van der Waals surface area contributed by atoms with Crippen LogP contribution in [0.4, 0.5) is 5.69 Å². The molecular weight excluding hydrogens is 390 g/mol. The zero-order valence-corrected chi connectivity index (χ0v) is 18.9. The predicted octanol–water partition coefficient (Wildman–Crippen LogP) is 3.10. The van der Waals surface area contributed by atoms with Gasteiger partial charge in [0.15, 0.2) is 0 Å². The van der Waals surface area contributed by atoms with E-state index in [2.05, 4.69) is 29.5 Å². The summed E-state index contributed by atoms with van der Waals surface area (Å²) in [6.45, 7) is 9.51. The zero-order chi connectivity index (χ0) is 22.4. The minimum absolute atomic E-state index is 0.119. The molecule has 31 heavy (non-hydrogen) atoms. The smallest absolute Gasteiger partial charge is 0.255 e. The molecule has 1 saturated heterocycles. The number of carbonyl (C=O) groups is 2. The summed E-state index contributed by atoms with van der Waals surface area (Å²) < 4.78 is 0. The van der Waals surface area contributed by atoms with Crippen molar-refractivity contribution in [3.8, 4) is 11.3 Å². The van der Waals surface area contributed by atoms with E-state index < -0.39 is 0 Å². The molecule has 166 valence electrons. The van der Waals surface area contributed by atoms with Crippen LogP contribution in [-0.4, -0.2) is 72.4 Å². The van der Waals surface area contributed by atoms with Gasteiger partial charge >= 0.3 is 0 Å². The number of amides is 2. The molecule has 2 N–H and O–H groups in total. The number of nitrogens with zero attached hydrogens (tertiary/aromatic N) is 3. The highest BCUT2D eigenvalue weighted by atomic mass is 16.2. The number of hydrogen-bond acceptors (Lipinski definition) is 5. The zero-order valence-electron chi connectivity index (χ0n) is 18.9. The van der Waals surface area contributed by atoms with Crippen LogP contribution in [0, 0.1) is 0 Å². The fraction of sp³-hybridized carbons (Fsp3) is 0.458. The van der Waals surface area contributed by atoms with E-state index in [-0.39, 0.29) is 17.9 Å². The molecule has 2 heterocycles. The maximum Gasteiger partial charge on any atom is 0.255 e. The summed E-state index contributed by atoms with van der Waals surface area (Å²) >= 11 is 0. The van der Waals surface area contributed by atoms with Crippen LogP contribution in [0.25, 0.3) is 11.3 Å². The standard InChI is InChI=1S/C24H33N5O2/c1-5-14-28(4)23(30)19-9-6-8-18(21(19)24(31)29-15-12-25-13-16-29)22-20(27-17(2)3)10-7-11-26-22/h6-11,17,25,27H,5,12-16H2,1-4H3. The summed E-state index contributed by atoms with van der Waals surface area (Å²) in [7, 11) is 1.78. The molecule has 2 aromatic rings. The second kappa shape index (κ2) is 10.4. The Balaban J connectivity index is 2.17. The largest absolute Gasteiger partial charge is 0.381 e. The quantitative estimate of drug-likeness (QED) is 0.716.